The molecule has 0 aromatic heterocycles. The first-order valence-corrected chi connectivity index (χ1v) is 5.55. The fourth-order valence-electron chi connectivity index (χ4n) is 1.79. The van der Waals surface area contributed by atoms with Crippen molar-refractivity contribution >= 4 is 16.7 Å². The molecule has 0 aliphatic heterocycles. The first kappa shape index (κ1) is 12.3. The Morgan fingerprint density at radius 3 is 2.72 bits per heavy atom. The van der Waals surface area contributed by atoms with Gasteiger partial charge in [0, 0.05) is 17.5 Å². The Hall–Kier alpha value is -2.11. The molecule has 2 aromatic rings. The average Bonchev–Trinajstić information content (AvgIpc) is 2.41. The Morgan fingerprint density at radius 2 is 1.94 bits per heavy atom. The van der Waals surface area contributed by atoms with Crippen LogP contribution in [0.2, 0.25) is 0 Å². The molecule has 2 aromatic carbocycles. The number of aromatic hydroxyl groups is 1. The highest BCUT2D eigenvalue weighted by molar-refractivity contribution is 5.89. The van der Waals surface area contributed by atoms with Crippen molar-refractivity contribution in [2.75, 3.05) is 6.54 Å². The summed E-state index contributed by atoms with van der Waals surface area (Å²) in [4.78, 5) is 10.8. The summed E-state index contributed by atoms with van der Waals surface area (Å²) in [6, 6.07) is 11.3. The second kappa shape index (κ2) is 5.48. The molecule has 0 bridgehead atoms. The van der Waals surface area contributed by atoms with Crippen LogP contribution < -0.4 is 10.8 Å². The van der Waals surface area contributed by atoms with E-state index >= 15 is 0 Å². The molecule has 0 aliphatic rings. The third kappa shape index (κ3) is 2.58. The number of benzene rings is 2. The van der Waals surface area contributed by atoms with E-state index in [9.17, 15) is 9.90 Å². The highest BCUT2D eigenvalue weighted by Gasteiger charge is 2.06. The fourth-order valence-corrected chi connectivity index (χ4v) is 1.79. The lowest BCUT2D eigenvalue weighted by molar-refractivity contribution is -0.128. The van der Waals surface area contributed by atoms with E-state index in [2.05, 4.69) is 5.32 Å². The fraction of sp³-hybridized carbons (Fsp3) is 0.154. The average molecular weight is 246 g/mol. The molecule has 94 valence electrons. The summed E-state index contributed by atoms with van der Waals surface area (Å²) in [7, 11) is 0. The Balaban J connectivity index is 2.14. The molecular formula is C13H14N2O3. The molecule has 0 aliphatic carbocycles. The monoisotopic (exact) mass is 246 g/mol. The summed E-state index contributed by atoms with van der Waals surface area (Å²) in [5.74, 6) is -0.305. The highest BCUT2D eigenvalue weighted by atomic mass is 16.5. The van der Waals surface area contributed by atoms with Gasteiger partial charge in [0.15, 0.2) is 0 Å². The molecule has 18 heavy (non-hydrogen) atoms. The summed E-state index contributed by atoms with van der Waals surface area (Å²) in [5.41, 5.74) is 2.24. The van der Waals surface area contributed by atoms with Crippen LogP contribution >= 0.6 is 0 Å². The zero-order chi connectivity index (χ0) is 13.0. The number of phenolic OH excluding ortho intramolecular Hbond substituents is 1. The lowest BCUT2D eigenvalue weighted by Crippen LogP contribution is -2.31. The van der Waals surface area contributed by atoms with E-state index in [0.29, 0.717) is 12.1 Å². The van der Waals surface area contributed by atoms with Gasteiger partial charge in [-0.15, -0.1) is 0 Å². The second-order valence-electron chi connectivity index (χ2n) is 3.93. The minimum absolute atomic E-state index is 0.0111. The van der Waals surface area contributed by atoms with Gasteiger partial charge in [-0.25, -0.2) is 5.48 Å². The number of rotatable bonds is 4. The minimum Gasteiger partial charge on any atom is -0.507 e. The van der Waals surface area contributed by atoms with Crippen LogP contribution in [0, 0.1) is 0 Å². The molecule has 0 saturated heterocycles. The van der Waals surface area contributed by atoms with Crippen molar-refractivity contribution < 1.29 is 15.1 Å². The summed E-state index contributed by atoms with van der Waals surface area (Å²) in [5, 5.41) is 23.0. The van der Waals surface area contributed by atoms with Crippen molar-refractivity contribution in [3.63, 3.8) is 0 Å². The number of nitrogens with one attached hydrogen (secondary N) is 2. The Bertz CT molecular complexity index is 569. The highest BCUT2D eigenvalue weighted by Crippen LogP contribution is 2.28. The lowest BCUT2D eigenvalue weighted by atomic mass is 10.1. The van der Waals surface area contributed by atoms with Gasteiger partial charge < -0.3 is 10.4 Å². The zero-order valence-corrected chi connectivity index (χ0v) is 9.68. The van der Waals surface area contributed by atoms with E-state index in [1.165, 1.54) is 5.48 Å². The third-order valence-corrected chi connectivity index (χ3v) is 2.71. The standard InChI is InChI=1S/C13H14N2O3/c16-12(15-18)8-14-7-10-6-5-9-3-1-2-4-11(9)13(10)17/h1-6,14,17-18H,7-8H2,(H,15,16). The van der Waals surface area contributed by atoms with E-state index in [1.807, 2.05) is 36.4 Å². The van der Waals surface area contributed by atoms with Crippen LogP contribution in [0.3, 0.4) is 0 Å². The van der Waals surface area contributed by atoms with Gasteiger partial charge in [0.1, 0.15) is 5.75 Å². The number of hydrogen-bond acceptors (Lipinski definition) is 4. The van der Waals surface area contributed by atoms with E-state index in [4.69, 9.17) is 5.21 Å². The number of carbonyl (C=O) groups is 1. The lowest BCUT2D eigenvalue weighted by Gasteiger charge is -2.08. The summed E-state index contributed by atoms with van der Waals surface area (Å²) in [6.45, 7) is 0.340. The molecular weight excluding hydrogens is 232 g/mol. The van der Waals surface area contributed by atoms with E-state index in [0.717, 1.165) is 10.8 Å². The molecule has 0 fully saturated rings. The summed E-state index contributed by atoms with van der Waals surface area (Å²) < 4.78 is 0. The number of phenols is 1. The van der Waals surface area contributed by atoms with Gasteiger partial charge in [-0.1, -0.05) is 36.4 Å². The minimum atomic E-state index is -0.518. The number of carbonyl (C=O) groups excluding carboxylic acids is 1. The largest absolute Gasteiger partial charge is 0.507 e. The molecule has 0 atom stereocenters. The Labute approximate surface area is 104 Å². The van der Waals surface area contributed by atoms with Crippen LogP contribution in [0.15, 0.2) is 36.4 Å². The first-order chi connectivity index (χ1) is 8.72. The number of fused-ring (bicyclic) bond motifs is 1. The zero-order valence-electron chi connectivity index (χ0n) is 9.68. The van der Waals surface area contributed by atoms with Gasteiger partial charge in [-0.3, -0.25) is 10.0 Å². The van der Waals surface area contributed by atoms with Crippen LogP contribution in [0.25, 0.3) is 10.8 Å². The molecule has 0 saturated carbocycles. The molecule has 0 radical (unpaired) electrons. The molecule has 2 rings (SSSR count). The molecule has 4 N–H and O–H groups in total. The van der Waals surface area contributed by atoms with Crippen molar-refractivity contribution in [2.45, 2.75) is 6.54 Å². The van der Waals surface area contributed by atoms with Gasteiger partial charge in [-0.2, -0.15) is 0 Å². The van der Waals surface area contributed by atoms with Gasteiger partial charge in [-0.05, 0) is 5.39 Å². The van der Waals surface area contributed by atoms with Crippen molar-refractivity contribution in [1.82, 2.24) is 10.8 Å². The maximum atomic E-state index is 10.8. The Kier molecular flexibility index (Phi) is 3.76. The maximum absolute atomic E-state index is 10.8. The van der Waals surface area contributed by atoms with Gasteiger partial charge in [0.2, 0.25) is 0 Å². The van der Waals surface area contributed by atoms with Gasteiger partial charge in [0.05, 0.1) is 6.54 Å². The topological polar surface area (TPSA) is 81.6 Å². The number of hydroxylamine groups is 1. The second-order valence-corrected chi connectivity index (χ2v) is 3.93. The van der Waals surface area contributed by atoms with Gasteiger partial charge >= 0.3 is 0 Å². The maximum Gasteiger partial charge on any atom is 0.257 e. The Morgan fingerprint density at radius 1 is 1.17 bits per heavy atom. The van der Waals surface area contributed by atoms with E-state index in [-0.39, 0.29) is 12.3 Å². The number of hydrogen-bond donors (Lipinski definition) is 4. The predicted octanol–water partition coefficient (Wildman–Crippen LogP) is 1.14. The summed E-state index contributed by atoms with van der Waals surface area (Å²) in [6.07, 6.45) is 0. The van der Waals surface area contributed by atoms with Gasteiger partial charge in [0.25, 0.3) is 5.91 Å². The molecule has 0 heterocycles. The van der Waals surface area contributed by atoms with Crippen LogP contribution in [-0.4, -0.2) is 22.8 Å². The van der Waals surface area contributed by atoms with E-state index in [1.54, 1.807) is 0 Å². The number of amides is 1. The van der Waals surface area contributed by atoms with Crippen LogP contribution in [-0.2, 0) is 11.3 Å². The quantitative estimate of drug-likeness (QED) is 0.481. The van der Waals surface area contributed by atoms with Crippen molar-refractivity contribution in [2.24, 2.45) is 0 Å². The van der Waals surface area contributed by atoms with E-state index < -0.39 is 5.91 Å². The van der Waals surface area contributed by atoms with Crippen LogP contribution in [0.1, 0.15) is 5.56 Å². The van der Waals surface area contributed by atoms with Crippen molar-refractivity contribution in [1.29, 1.82) is 0 Å². The molecule has 5 heteroatoms. The summed E-state index contributed by atoms with van der Waals surface area (Å²) >= 11 is 0. The first-order valence-electron chi connectivity index (χ1n) is 5.55. The van der Waals surface area contributed by atoms with Crippen molar-refractivity contribution in [3.8, 4) is 5.75 Å². The molecule has 0 unspecified atom stereocenters. The normalized spacial score (nSPS) is 10.5. The molecule has 0 spiro atoms. The van der Waals surface area contributed by atoms with Crippen LogP contribution in [0.5, 0.6) is 5.75 Å². The third-order valence-electron chi connectivity index (χ3n) is 2.71. The predicted molar refractivity (Wildman–Crippen MR) is 67.2 cm³/mol. The van der Waals surface area contributed by atoms with Crippen LogP contribution in [0.4, 0.5) is 0 Å². The smallest absolute Gasteiger partial charge is 0.257 e. The molecule has 1 amide bonds. The van der Waals surface area contributed by atoms with Crippen molar-refractivity contribution in [3.05, 3.63) is 42.0 Å². The SMILES string of the molecule is O=C(CNCc1ccc2ccccc2c1O)NO. The molecule has 5 nitrogen and oxygen atoms in total.